The molecule has 0 aliphatic heterocycles. The van der Waals surface area contributed by atoms with E-state index in [4.69, 9.17) is 5.26 Å². The minimum absolute atomic E-state index is 0.0923. The lowest BCUT2D eigenvalue weighted by Crippen LogP contribution is -2.05. The third kappa shape index (κ3) is 3.77. The summed E-state index contributed by atoms with van der Waals surface area (Å²) in [6, 6.07) is 16.9. The lowest BCUT2D eigenvalue weighted by molar-refractivity contribution is -0.114. The van der Waals surface area contributed by atoms with Crippen LogP contribution in [0, 0.1) is 11.3 Å². The fourth-order valence-corrected chi connectivity index (χ4v) is 2.88. The van der Waals surface area contributed by atoms with Gasteiger partial charge in [0, 0.05) is 29.2 Å². The van der Waals surface area contributed by atoms with Crippen molar-refractivity contribution >= 4 is 33.8 Å². The summed E-state index contributed by atoms with van der Waals surface area (Å²) in [6.45, 7) is 1.48. The van der Waals surface area contributed by atoms with Gasteiger partial charge in [0.2, 0.25) is 5.91 Å². The molecular weight excluding hydrogens is 320 g/mol. The highest BCUT2D eigenvalue weighted by Crippen LogP contribution is 2.28. The van der Waals surface area contributed by atoms with Gasteiger partial charge >= 0.3 is 0 Å². The first-order valence-corrected chi connectivity index (χ1v) is 8.13. The van der Waals surface area contributed by atoms with Crippen molar-refractivity contribution in [3.05, 3.63) is 59.5 Å². The van der Waals surface area contributed by atoms with Gasteiger partial charge in [0.25, 0.3) is 0 Å². The zero-order valence-corrected chi connectivity index (χ0v) is 13.7. The molecule has 0 spiro atoms. The second-order valence-corrected chi connectivity index (χ2v) is 5.97. The fourth-order valence-electron chi connectivity index (χ4n) is 2.14. The van der Waals surface area contributed by atoms with Crippen molar-refractivity contribution in [3.8, 4) is 17.3 Å². The second-order valence-electron chi connectivity index (χ2n) is 5.11. The zero-order valence-electron chi connectivity index (χ0n) is 12.9. The average molecular weight is 334 g/mol. The highest BCUT2D eigenvalue weighted by atomic mass is 32.1. The van der Waals surface area contributed by atoms with Crippen molar-refractivity contribution in [2.75, 3.05) is 10.6 Å². The van der Waals surface area contributed by atoms with Gasteiger partial charge in [0.15, 0.2) is 5.13 Å². The molecule has 1 aromatic heterocycles. The number of nitrogens with zero attached hydrogens (tertiary/aromatic N) is 2. The van der Waals surface area contributed by atoms with Crippen LogP contribution in [0.3, 0.4) is 0 Å². The molecule has 1 heterocycles. The van der Waals surface area contributed by atoms with Gasteiger partial charge in [0.1, 0.15) is 0 Å². The Bertz CT molecular complexity index is 892. The van der Waals surface area contributed by atoms with Gasteiger partial charge in [-0.25, -0.2) is 4.98 Å². The molecule has 6 heteroatoms. The first kappa shape index (κ1) is 15.7. The summed E-state index contributed by atoms with van der Waals surface area (Å²) in [6.07, 6.45) is 0. The summed E-state index contributed by atoms with van der Waals surface area (Å²) >= 11 is 1.51. The maximum atomic E-state index is 11.0. The van der Waals surface area contributed by atoms with Crippen LogP contribution in [0.4, 0.5) is 16.5 Å². The summed E-state index contributed by atoms with van der Waals surface area (Å²) < 4.78 is 0. The zero-order chi connectivity index (χ0) is 16.9. The Balaban J connectivity index is 1.72. The van der Waals surface area contributed by atoms with E-state index in [2.05, 4.69) is 21.7 Å². The molecular formula is C18H14N4OS. The summed E-state index contributed by atoms with van der Waals surface area (Å²) in [5.74, 6) is -0.0923. The van der Waals surface area contributed by atoms with Gasteiger partial charge in [0.05, 0.1) is 17.3 Å². The highest BCUT2D eigenvalue weighted by Gasteiger charge is 2.05. The Kier molecular flexibility index (Phi) is 4.54. The highest BCUT2D eigenvalue weighted by molar-refractivity contribution is 7.14. The maximum Gasteiger partial charge on any atom is 0.221 e. The molecule has 0 bridgehead atoms. The van der Waals surface area contributed by atoms with E-state index in [1.54, 1.807) is 12.1 Å². The Labute approximate surface area is 143 Å². The van der Waals surface area contributed by atoms with E-state index in [0.29, 0.717) is 5.56 Å². The first-order chi connectivity index (χ1) is 11.6. The first-order valence-electron chi connectivity index (χ1n) is 7.25. The van der Waals surface area contributed by atoms with Crippen molar-refractivity contribution in [2.45, 2.75) is 6.92 Å². The summed E-state index contributed by atoms with van der Waals surface area (Å²) in [4.78, 5) is 15.6. The monoisotopic (exact) mass is 334 g/mol. The van der Waals surface area contributed by atoms with E-state index in [-0.39, 0.29) is 5.91 Å². The number of benzene rings is 2. The van der Waals surface area contributed by atoms with Gasteiger partial charge < -0.3 is 10.6 Å². The molecule has 0 unspecified atom stereocenters. The van der Waals surface area contributed by atoms with Crippen LogP contribution in [0.15, 0.2) is 53.9 Å². The van der Waals surface area contributed by atoms with E-state index in [0.717, 1.165) is 27.8 Å². The minimum atomic E-state index is -0.0923. The number of carbonyl (C=O) groups excluding carboxylic acids is 1. The number of rotatable bonds is 4. The quantitative estimate of drug-likeness (QED) is 0.742. The van der Waals surface area contributed by atoms with Crippen LogP contribution < -0.4 is 10.6 Å². The van der Waals surface area contributed by atoms with Crippen LogP contribution >= 0.6 is 11.3 Å². The second kappa shape index (κ2) is 6.94. The molecule has 24 heavy (non-hydrogen) atoms. The number of amides is 1. The lowest BCUT2D eigenvalue weighted by atomic mass is 10.1. The van der Waals surface area contributed by atoms with Crippen molar-refractivity contribution in [1.29, 1.82) is 5.26 Å². The molecule has 2 aromatic carbocycles. The molecule has 0 aliphatic rings. The van der Waals surface area contributed by atoms with Crippen LogP contribution in [0.5, 0.6) is 0 Å². The molecule has 0 aliphatic carbocycles. The third-order valence-electron chi connectivity index (χ3n) is 3.27. The predicted octanol–water partition coefficient (Wildman–Crippen LogP) is 4.38. The predicted molar refractivity (Wildman–Crippen MR) is 96.3 cm³/mol. The Morgan fingerprint density at radius 2 is 1.75 bits per heavy atom. The Hall–Kier alpha value is -3.17. The van der Waals surface area contributed by atoms with Crippen molar-refractivity contribution in [2.24, 2.45) is 0 Å². The number of anilines is 3. The topological polar surface area (TPSA) is 77.8 Å². The van der Waals surface area contributed by atoms with Gasteiger partial charge in [-0.2, -0.15) is 5.26 Å². The van der Waals surface area contributed by atoms with Crippen molar-refractivity contribution < 1.29 is 4.79 Å². The minimum Gasteiger partial charge on any atom is -0.332 e. The van der Waals surface area contributed by atoms with Crippen LogP contribution in [-0.2, 0) is 4.79 Å². The summed E-state index contributed by atoms with van der Waals surface area (Å²) in [5, 5.41) is 17.5. The summed E-state index contributed by atoms with van der Waals surface area (Å²) in [5.41, 5.74) is 4.12. The van der Waals surface area contributed by atoms with Crippen LogP contribution in [0.25, 0.3) is 11.3 Å². The lowest BCUT2D eigenvalue weighted by Gasteiger charge is -2.03. The molecule has 2 N–H and O–H groups in total. The molecule has 0 radical (unpaired) electrons. The number of hydrogen-bond acceptors (Lipinski definition) is 5. The van der Waals surface area contributed by atoms with E-state index in [1.165, 1.54) is 18.3 Å². The van der Waals surface area contributed by atoms with Gasteiger partial charge in [-0.15, -0.1) is 11.3 Å². The van der Waals surface area contributed by atoms with Gasteiger partial charge in [-0.3, -0.25) is 4.79 Å². The smallest absolute Gasteiger partial charge is 0.221 e. The van der Waals surface area contributed by atoms with Crippen LogP contribution in [-0.4, -0.2) is 10.9 Å². The average Bonchev–Trinajstić information content (AvgIpc) is 3.04. The van der Waals surface area contributed by atoms with Gasteiger partial charge in [-0.05, 0) is 36.4 Å². The largest absolute Gasteiger partial charge is 0.332 e. The number of thiazole rings is 1. The molecule has 3 aromatic rings. The van der Waals surface area contributed by atoms with Gasteiger partial charge in [-0.1, -0.05) is 12.1 Å². The SMILES string of the molecule is CC(=O)Nc1ccc(-c2csc(Nc3ccc(C#N)cc3)n2)cc1. The fraction of sp³-hybridized carbons (Fsp3) is 0.0556. The number of nitrogens with one attached hydrogen (secondary N) is 2. The van der Waals surface area contributed by atoms with E-state index < -0.39 is 0 Å². The van der Waals surface area contributed by atoms with Crippen LogP contribution in [0.1, 0.15) is 12.5 Å². The number of aromatic nitrogens is 1. The van der Waals surface area contributed by atoms with Crippen LogP contribution in [0.2, 0.25) is 0 Å². The number of carbonyl (C=O) groups is 1. The standard InChI is InChI=1S/C18H14N4OS/c1-12(23)20-15-8-4-14(5-9-15)17-11-24-18(22-17)21-16-6-2-13(10-19)3-7-16/h2-9,11H,1H3,(H,20,23)(H,21,22). The number of nitriles is 1. The molecule has 0 atom stereocenters. The van der Waals surface area contributed by atoms with Crippen molar-refractivity contribution in [1.82, 2.24) is 4.98 Å². The molecule has 118 valence electrons. The van der Waals surface area contributed by atoms with E-state index >= 15 is 0 Å². The molecule has 3 rings (SSSR count). The Morgan fingerprint density at radius 3 is 2.38 bits per heavy atom. The molecule has 0 fully saturated rings. The third-order valence-corrected chi connectivity index (χ3v) is 4.03. The van der Waals surface area contributed by atoms with Crippen molar-refractivity contribution in [3.63, 3.8) is 0 Å². The summed E-state index contributed by atoms with van der Waals surface area (Å²) in [7, 11) is 0. The number of hydrogen-bond donors (Lipinski definition) is 2. The Morgan fingerprint density at radius 1 is 1.08 bits per heavy atom. The molecule has 1 amide bonds. The maximum absolute atomic E-state index is 11.0. The van der Waals surface area contributed by atoms with E-state index in [9.17, 15) is 4.79 Å². The molecule has 0 saturated heterocycles. The molecule has 0 saturated carbocycles. The van der Waals surface area contributed by atoms with E-state index in [1.807, 2.05) is 41.8 Å². The normalized spacial score (nSPS) is 10.0. The molecule has 5 nitrogen and oxygen atoms in total.